The van der Waals surface area contributed by atoms with Crippen molar-refractivity contribution in [2.24, 2.45) is 5.16 Å². The van der Waals surface area contributed by atoms with Crippen molar-refractivity contribution in [3.8, 4) is 5.75 Å². The third kappa shape index (κ3) is 4.03. The molecule has 0 radical (unpaired) electrons. The second kappa shape index (κ2) is 8.74. The standard InChI is InChI=1S/C25H24N6O2/c1-17-18(2)30(14-20-7-5-4-6-8-20)24-23(17)25-28-22(29-31(25)16-26-24)15-33-27-13-19-9-11-21(32-3)12-10-19/h4-13,16H,14-15H2,1-3H3/b27-13-. The van der Waals surface area contributed by atoms with Crippen LogP contribution in [0, 0.1) is 13.8 Å². The molecule has 166 valence electrons. The number of hydrogen-bond acceptors (Lipinski definition) is 6. The Balaban J connectivity index is 1.39. The zero-order valence-corrected chi connectivity index (χ0v) is 18.8. The minimum Gasteiger partial charge on any atom is -0.497 e. The molecule has 5 aromatic rings. The van der Waals surface area contributed by atoms with Crippen molar-refractivity contribution in [1.82, 2.24) is 24.1 Å². The highest BCUT2D eigenvalue weighted by molar-refractivity contribution is 5.93. The molecule has 0 fully saturated rings. The van der Waals surface area contributed by atoms with Gasteiger partial charge in [-0.15, -0.1) is 5.10 Å². The average molecular weight is 441 g/mol. The number of nitrogens with zero attached hydrogens (tertiary/aromatic N) is 6. The van der Waals surface area contributed by atoms with Gasteiger partial charge < -0.3 is 14.1 Å². The first-order valence-corrected chi connectivity index (χ1v) is 10.7. The lowest BCUT2D eigenvalue weighted by Crippen LogP contribution is -2.03. The summed E-state index contributed by atoms with van der Waals surface area (Å²) in [7, 11) is 1.64. The van der Waals surface area contributed by atoms with E-state index in [2.05, 4.69) is 52.9 Å². The summed E-state index contributed by atoms with van der Waals surface area (Å²) in [5.41, 5.74) is 6.12. The molecule has 5 rings (SSSR count). The number of oxime groups is 1. The summed E-state index contributed by atoms with van der Waals surface area (Å²) in [5, 5.41) is 9.55. The van der Waals surface area contributed by atoms with Crippen LogP contribution in [0.5, 0.6) is 5.75 Å². The van der Waals surface area contributed by atoms with E-state index >= 15 is 0 Å². The number of benzene rings is 2. The Hall–Kier alpha value is -4.20. The van der Waals surface area contributed by atoms with Crippen LogP contribution in [0.4, 0.5) is 0 Å². The zero-order chi connectivity index (χ0) is 22.8. The van der Waals surface area contributed by atoms with Gasteiger partial charge in [0.2, 0.25) is 0 Å². The van der Waals surface area contributed by atoms with Gasteiger partial charge in [-0.2, -0.15) is 0 Å². The largest absolute Gasteiger partial charge is 0.497 e. The Morgan fingerprint density at radius 3 is 2.55 bits per heavy atom. The van der Waals surface area contributed by atoms with Crippen LogP contribution in [-0.4, -0.2) is 37.5 Å². The first kappa shape index (κ1) is 20.7. The average Bonchev–Trinajstić information content (AvgIpc) is 3.37. The minimum absolute atomic E-state index is 0.165. The van der Waals surface area contributed by atoms with E-state index in [9.17, 15) is 0 Å². The van der Waals surface area contributed by atoms with Crippen LogP contribution < -0.4 is 4.74 Å². The third-order valence-electron chi connectivity index (χ3n) is 5.76. The first-order valence-electron chi connectivity index (χ1n) is 10.7. The van der Waals surface area contributed by atoms with E-state index in [1.54, 1.807) is 24.2 Å². The fourth-order valence-electron chi connectivity index (χ4n) is 3.88. The van der Waals surface area contributed by atoms with Crippen molar-refractivity contribution < 1.29 is 9.57 Å². The minimum atomic E-state index is 0.165. The summed E-state index contributed by atoms with van der Waals surface area (Å²) in [6.07, 6.45) is 3.35. The molecule has 0 N–H and O–H groups in total. The van der Waals surface area contributed by atoms with Crippen LogP contribution in [-0.2, 0) is 18.0 Å². The number of fused-ring (bicyclic) bond motifs is 3. The lowest BCUT2D eigenvalue weighted by Gasteiger charge is -2.07. The highest BCUT2D eigenvalue weighted by Gasteiger charge is 2.18. The summed E-state index contributed by atoms with van der Waals surface area (Å²) in [5.74, 6) is 1.34. The van der Waals surface area contributed by atoms with Gasteiger partial charge in [0.05, 0.1) is 18.7 Å². The van der Waals surface area contributed by atoms with Gasteiger partial charge in [-0.1, -0.05) is 35.5 Å². The maximum atomic E-state index is 5.43. The lowest BCUT2D eigenvalue weighted by molar-refractivity contribution is 0.126. The number of methoxy groups -OCH3 is 1. The predicted molar refractivity (Wildman–Crippen MR) is 127 cm³/mol. The Bertz CT molecular complexity index is 1440. The van der Waals surface area contributed by atoms with Crippen LogP contribution in [0.3, 0.4) is 0 Å². The van der Waals surface area contributed by atoms with Crippen molar-refractivity contribution in [2.45, 2.75) is 27.0 Å². The molecule has 0 saturated heterocycles. The van der Waals surface area contributed by atoms with E-state index in [-0.39, 0.29) is 6.61 Å². The normalized spacial score (nSPS) is 11.6. The number of ether oxygens (including phenoxy) is 1. The van der Waals surface area contributed by atoms with Gasteiger partial charge in [-0.3, -0.25) is 0 Å². The molecule has 0 amide bonds. The van der Waals surface area contributed by atoms with Crippen molar-refractivity contribution >= 4 is 22.9 Å². The molecule has 0 spiro atoms. The fraction of sp³-hybridized carbons (Fsp3) is 0.200. The van der Waals surface area contributed by atoms with Gasteiger partial charge in [-0.05, 0) is 54.8 Å². The van der Waals surface area contributed by atoms with Crippen LogP contribution in [0.2, 0.25) is 0 Å². The molecule has 8 heteroatoms. The van der Waals surface area contributed by atoms with Gasteiger partial charge in [-0.25, -0.2) is 14.5 Å². The monoisotopic (exact) mass is 440 g/mol. The van der Waals surface area contributed by atoms with Gasteiger partial charge in [0.25, 0.3) is 0 Å². The van der Waals surface area contributed by atoms with E-state index in [0.29, 0.717) is 5.82 Å². The smallest absolute Gasteiger partial charge is 0.192 e. The summed E-state index contributed by atoms with van der Waals surface area (Å²) in [6.45, 7) is 5.14. The predicted octanol–water partition coefficient (Wildman–Crippen LogP) is 4.30. The lowest BCUT2D eigenvalue weighted by atomic mass is 10.2. The molecule has 0 bridgehead atoms. The SMILES string of the molecule is COc1ccc(/C=N\OCc2nc3c4c(C)c(C)n(Cc5ccccc5)c4ncn3n2)cc1. The Morgan fingerprint density at radius 2 is 1.79 bits per heavy atom. The van der Waals surface area contributed by atoms with Crippen LogP contribution >= 0.6 is 0 Å². The third-order valence-corrected chi connectivity index (χ3v) is 5.76. The molecule has 8 nitrogen and oxygen atoms in total. The molecule has 33 heavy (non-hydrogen) atoms. The second-order valence-corrected chi connectivity index (χ2v) is 7.80. The maximum Gasteiger partial charge on any atom is 0.192 e. The Kier molecular flexibility index (Phi) is 5.48. The highest BCUT2D eigenvalue weighted by Crippen LogP contribution is 2.27. The summed E-state index contributed by atoms with van der Waals surface area (Å²) < 4.78 is 9.09. The van der Waals surface area contributed by atoms with Gasteiger partial charge in [0.1, 0.15) is 17.7 Å². The molecular weight excluding hydrogens is 416 g/mol. The molecule has 0 unspecified atom stereocenters. The van der Waals surface area contributed by atoms with Crippen LogP contribution in [0.15, 0.2) is 66.1 Å². The van der Waals surface area contributed by atoms with Crippen molar-refractivity contribution in [1.29, 1.82) is 0 Å². The molecule has 0 atom stereocenters. The number of rotatable bonds is 7. The van der Waals surface area contributed by atoms with E-state index in [4.69, 9.17) is 19.5 Å². The topological polar surface area (TPSA) is 78.8 Å². The Labute approximate surface area is 191 Å². The highest BCUT2D eigenvalue weighted by atomic mass is 16.6. The molecule has 0 aliphatic carbocycles. The number of aromatic nitrogens is 5. The molecule has 3 aromatic heterocycles. The molecular formula is C25H24N6O2. The van der Waals surface area contributed by atoms with E-state index in [1.807, 2.05) is 30.3 Å². The van der Waals surface area contributed by atoms with E-state index in [0.717, 1.165) is 40.1 Å². The fourth-order valence-corrected chi connectivity index (χ4v) is 3.88. The first-order chi connectivity index (χ1) is 16.1. The Morgan fingerprint density at radius 1 is 1.00 bits per heavy atom. The number of hydrogen-bond donors (Lipinski definition) is 0. The maximum absolute atomic E-state index is 5.43. The van der Waals surface area contributed by atoms with Crippen molar-refractivity contribution in [3.63, 3.8) is 0 Å². The molecule has 0 aliphatic rings. The van der Waals surface area contributed by atoms with Gasteiger partial charge in [0, 0.05) is 12.2 Å². The van der Waals surface area contributed by atoms with Gasteiger partial charge >= 0.3 is 0 Å². The molecule has 3 heterocycles. The molecule has 0 saturated carbocycles. The summed E-state index contributed by atoms with van der Waals surface area (Å²) >= 11 is 0. The summed E-state index contributed by atoms with van der Waals surface area (Å²) in [6, 6.07) is 17.9. The second-order valence-electron chi connectivity index (χ2n) is 7.80. The van der Waals surface area contributed by atoms with Crippen molar-refractivity contribution in [3.05, 3.63) is 89.1 Å². The zero-order valence-electron chi connectivity index (χ0n) is 18.8. The molecule has 2 aromatic carbocycles. The molecule has 0 aliphatic heterocycles. The quantitative estimate of drug-likeness (QED) is 0.278. The van der Waals surface area contributed by atoms with Crippen molar-refractivity contribution in [2.75, 3.05) is 7.11 Å². The van der Waals surface area contributed by atoms with E-state index in [1.165, 1.54) is 11.3 Å². The van der Waals surface area contributed by atoms with Crippen LogP contribution in [0.25, 0.3) is 16.7 Å². The van der Waals surface area contributed by atoms with E-state index < -0.39 is 0 Å². The van der Waals surface area contributed by atoms with Gasteiger partial charge in [0.15, 0.2) is 18.1 Å². The number of aryl methyl sites for hydroxylation is 1. The van der Waals surface area contributed by atoms with Crippen LogP contribution in [0.1, 0.15) is 28.2 Å². The summed E-state index contributed by atoms with van der Waals surface area (Å²) in [4.78, 5) is 14.8.